The third-order valence-corrected chi connectivity index (χ3v) is 2.73. The van der Waals surface area contributed by atoms with Gasteiger partial charge in [0.05, 0.1) is 11.6 Å². The molecular formula is C12H13ClO4. The first-order chi connectivity index (χ1) is 8.15. The second kappa shape index (κ2) is 5.27. The number of benzene rings is 1. The van der Waals surface area contributed by atoms with Crippen LogP contribution in [0.5, 0.6) is 11.5 Å². The maximum atomic E-state index is 10.3. The quantitative estimate of drug-likeness (QED) is 0.850. The fourth-order valence-electron chi connectivity index (χ4n) is 1.33. The van der Waals surface area contributed by atoms with Crippen LogP contribution in [0.25, 0.3) is 0 Å². The summed E-state index contributed by atoms with van der Waals surface area (Å²) in [6.07, 6.45) is 2.44. The molecule has 0 saturated heterocycles. The highest BCUT2D eigenvalue weighted by molar-refractivity contribution is 6.32. The number of hydrogen-bond donors (Lipinski definition) is 1. The fraction of sp³-hybridized carbons (Fsp3) is 0.417. The van der Waals surface area contributed by atoms with Gasteiger partial charge < -0.3 is 14.6 Å². The molecule has 0 aromatic heterocycles. The molecule has 0 heterocycles. The summed E-state index contributed by atoms with van der Waals surface area (Å²) in [6, 6.07) is 4.91. The maximum Gasteiger partial charge on any atom is 0.341 e. The van der Waals surface area contributed by atoms with E-state index in [1.807, 2.05) is 0 Å². The zero-order valence-electron chi connectivity index (χ0n) is 9.19. The van der Waals surface area contributed by atoms with E-state index >= 15 is 0 Å². The van der Waals surface area contributed by atoms with Gasteiger partial charge in [0.15, 0.2) is 6.61 Å². The molecule has 1 aliphatic rings. The SMILES string of the molecule is O=C(O)COc1ccc(OCC2CC2)c(Cl)c1. The second-order valence-corrected chi connectivity index (χ2v) is 4.44. The van der Waals surface area contributed by atoms with E-state index in [0.29, 0.717) is 29.0 Å². The minimum atomic E-state index is -1.02. The van der Waals surface area contributed by atoms with Gasteiger partial charge in [0, 0.05) is 6.07 Å². The van der Waals surface area contributed by atoms with Crippen LogP contribution >= 0.6 is 11.6 Å². The van der Waals surface area contributed by atoms with E-state index in [9.17, 15) is 4.79 Å². The van der Waals surface area contributed by atoms with Gasteiger partial charge in [0.2, 0.25) is 0 Å². The minimum absolute atomic E-state index is 0.376. The van der Waals surface area contributed by atoms with Crippen LogP contribution in [0.2, 0.25) is 5.02 Å². The first-order valence-corrected chi connectivity index (χ1v) is 5.80. The van der Waals surface area contributed by atoms with Crippen LogP contribution < -0.4 is 9.47 Å². The largest absolute Gasteiger partial charge is 0.492 e. The molecule has 5 heteroatoms. The number of carbonyl (C=O) groups is 1. The van der Waals surface area contributed by atoms with Crippen LogP contribution in [0, 0.1) is 5.92 Å². The summed E-state index contributed by atoms with van der Waals surface area (Å²) >= 11 is 6.00. The molecule has 1 saturated carbocycles. The standard InChI is InChI=1S/C12H13ClO4/c13-10-5-9(16-7-12(14)15)3-4-11(10)17-6-8-1-2-8/h3-5,8H,1-2,6-7H2,(H,14,15). The summed E-state index contributed by atoms with van der Waals surface area (Å²) in [6.45, 7) is 0.313. The van der Waals surface area contributed by atoms with E-state index in [1.54, 1.807) is 18.2 Å². The molecule has 1 aromatic rings. The summed E-state index contributed by atoms with van der Waals surface area (Å²) in [5.41, 5.74) is 0. The van der Waals surface area contributed by atoms with E-state index < -0.39 is 5.97 Å². The van der Waals surface area contributed by atoms with Gasteiger partial charge >= 0.3 is 5.97 Å². The topological polar surface area (TPSA) is 55.8 Å². The van der Waals surface area contributed by atoms with Gasteiger partial charge in [-0.05, 0) is 30.9 Å². The van der Waals surface area contributed by atoms with Crippen molar-refractivity contribution in [3.05, 3.63) is 23.2 Å². The number of halogens is 1. The zero-order chi connectivity index (χ0) is 12.3. The fourth-order valence-corrected chi connectivity index (χ4v) is 1.55. The van der Waals surface area contributed by atoms with Crippen LogP contribution in [0.1, 0.15) is 12.8 Å². The lowest BCUT2D eigenvalue weighted by Crippen LogP contribution is -2.09. The molecule has 92 valence electrons. The Morgan fingerprint density at radius 3 is 2.76 bits per heavy atom. The Morgan fingerprint density at radius 2 is 2.18 bits per heavy atom. The number of aliphatic carboxylic acids is 1. The van der Waals surface area contributed by atoms with E-state index in [4.69, 9.17) is 26.2 Å². The van der Waals surface area contributed by atoms with E-state index in [0.717, 1.165) is 0 Å². The first kappa shape index (κ1) is 12.0. The highest BCUT2D eigenvalue weighted by Gasteiger charge is 2.22. The van der Waals surface area contributed by atoms with Crippen molar-refractivity contribution in [1.82, 2.24) is 0 Å². The predicted octanol–water partition coefficient (Wildman–Crippen LogP) is 2.59. The molecule has 4 nitrogen and oxygen atoms in total. The number of ether oxygens (including phenoxy) is 2. The predicted molar refractivity (Wildman–Crippen MR) is 62.8 cm³/mol. The molecule has 0 unspecified atom stereocenters. The Labute approximate surface area is 104 Å². The molecule has 2 rings (SSSR count). The van der Waals surface area contributed by atoms with Gasteiger partial charge in [-0.1, -0.05) is 11.6 Å². The molecule has 17 heavy (non-hydrogen) atoms. The zero-order valence-corrected chi connectivity index (χ0v) is 9.94. The lowest BCUT2D eigenvalue weighted by atomic mass is 10.3. The number of rotatable bonds is 6. The summed E-state index contributed by atoms with van der Waals surface area (Å²) in [5, 5.41) is 8.91. The van der Waals surface area contributed by atoms with Crippen molar-refractivity contribution in [1.29, 1.82) is 0 Å². The Morgan fingerprint density at radius 1 is 1.41 bits per heavy atom. The van der Waals surface area contributed by atoms with E-state index in [1.165, 1.54) is 12.8 Å². The van der Waals surface area contributed by atoms with Gasteiger partial charge in [-0.2, -0.15) is 0 Å². The van der Waals surface area contributed by atoms with Crippen molar-refractivity contribution in [3.63, 3.8) is 0 Å². The average molecular weight is 257 g/mol. The molecule has 0 aliphatic heterocycles. The Kier molecular flexibility index (Phi) is 3.74. The van der Waals surface area contributed by atoms with Gasteiger partial charge in [0.1, 0.15) is 11.5 Å². The smallest absolute Gasteiger partial charge is 0.341 e. The summed E-state index contributed by atoms with van der Waals surface area (Å²) in [4.78, 5) is 10.3. The van der Waals surface area contributed by atoms with Crippen LogP contribution in [-0.4, -0.2) is 24.3 Å². The van der Waals surface area contributed by atoms with Crippen LogP contribution in [-0.2, 0) is 4.79 Å². The Balaban J connectivity index is 1.92. The normalized spacial score (nSPS) is 14.4. The van der Waals surface area contributed by atoms with Gasteiger partial charge in [0.25, 0.3) is 0 Å². The van der Waals surface area contributed by atoms with E-state index in [2.05, 4.69) is 0 Å². The molecule has 1 aromatic carbocycles. The molecule has 0 atom stereocenters. The summed E-state index contributed by atoms with van der Waals surface area (Å²) in [7, 11) is 0. The van der Waals surface area contributed by atoms with Crippen LogP contribution in [0.3, 0.4) is 0 Å². The molecule has 0 bridgehead atoms. The number of hydrogen-bond acceptors (Lipinski definition) is 3. The van der Waals surface area contributed by atoms with Crippen molar-refractivity contribution in [2.45, 2.75) is 12.8 Å². The molecule has 0 amide bonds. The highest BCUT2D eigenvalue weighted by Crippen LogP contribution is 2.33. The molecule has 0 spiro atoms. The van der Waals surface area contributed by atoms with Gasteiger partial charge in [-0.15, -0.1) is 0 Å². The summed E-state index contributed by atoms with van der Waals surface area (Å²) in [5.74, 6) is 0.682. The van der Waals surface area contributed by atoms with Crippen molar-refractivity contribution in [2.75, 3.05) is 13.2 Å². The van der Waals surface area contributed by atoms with Crippen molar-refractivity contribution in [2.24, 2.45) is 5.92 Å². The Bertz CT molecular complexity index is 415. The molecule has 1 fully saturated rings. The van der Waals surface area contributed by atoms with Crippen molar-refractivity contribution < 1.29 is 19.4 Å². The molecular weight excluding hydrogens is 244 g/mol. The lowest BCUT2D eigenvalue weighted by Gasteiger charge is -2.09. The molecule has 0 radical (unpaired) electrons. The first-order valence-electron chi connectivity index (χ1n) is 5.42. The van der Waals surface area contributed by atoms with Crippen LogP contribution in [0.4, 0.5) is 0 Å². The Hall–Kier alpha value is -1.42. The lowest BCUT2D eigenvalue weighted by molar-refractivity contribution is -0.139. The van der Waals surface area contributed by atoms with Gasteiger partial charge in [-0.3, -0.25) is 0 Å². The third-order valence-electron chi connectivity index (χ3n) is 2.44. The minimum Gasteiger partial charge on any atom is -0.492 e. The van der Waals surface area contributed by atoms with Crippen molar-refractivity contribution >= 4 is 17.6 Å². The van der Waals surface area contributed by atoms with Gasteiger partial charge in [-0.25, -0.2) is 4.79 Å². The second-order valence-electron chi connectivity index (χ2n) is 4.03. The average Bonchev–Trinajstić information content (AvgIpc) is 3.09. The number of carboxylic acid groups (broad SMARTS) is 1. The summed E-state index contributed by atoms with van der Waals surface area (Å²) < 4.78 is 10.5. The van der Waals surface area contributed by atoms with E-state index in [-0.39, 0.29) is 6.61 Å². The monoisotopic (exact) mass is 256 g/mol. The highest BCUT2D eigenvalue weighted by atomic mass is 35.5. The third kappa shape index (κ3) is 3.82. The van der Waals surface area contributed by atoms with Crippen LogP contribution in [0.15, 0.2) is 18.2 Å². The number of carboxylic acids is 1. The molecule has 1 aliphatic carbocycles. The maximum absolute atomic E-state index is 10.3. The molecule has 1 N–H and O–H groups in total. The van der Waals surface area contributed by atoms with Crippen molar-refractivity contribution in [3.8, 4) is 11.5 Å².